The van der Waals surface area contributed by atoms with Gasteiger partial charge in [-0.2, -0.15) is 0 Å². The summed E-state index contributed by atoms with van der Waals surface area (Å²) in [4.78, 5) is 27.5. The molecule has 6 atom stereocenters. The number of benzene rings is 3. The van der Waals surface area contributed by atoms with Gasteiger partial charge < -0.3 is 28.4 Å². The maximum Gasteiger partial charge on any atom is 0.338 e. The van der Waals surface area contributed by atoms with Crippen LogP contribution in [0.15, 0.2) is 97.1 Å². The summed E-state index contributed by atoms with van der Waals surface area (Å²) in [6, 6.07) is 21.0. The molecule has 1 fully saturated rings. The van der Waals surface area contributed by atoms with Crippen molar-refractivity contribution in [2.45, 2.75) is 23.4 Å². The molecule has 3 aromatic rings. The van der Waals surface area contributed by atoms with E-state index in [1.807, 2.05) is 48.6 Å². The van der Waals surface area contributed by atoms with Gasteiger partial charge in [-0.05, 0) is 59.7 Å². The molecular formula is C34H32O8. The van der Waals surface area contributed by atoms with E-state index in [1.165, 1.54) is 0 Å². The predicted molar refractivity (Wildman–Crippen MR) is 153 cm³/mol. The Morgan fingerprint density at radius 3 is 1.29 bits per heavy atom. The summed E-state index contributed by atoms with van der Waals surface area (Å²) in [7, 11) is 6.31. The summed E-state index contributed by atoms with van der Waals surface area (Å²) in [6.07, 6.45) is 5.88. The maximum absolute atomic E-state index is 13.7. The summed E-state index contributed by atoms with van der Waals surface area (Å²) in [5, 5.41) is 0. The molecule has 0 amide bonds. The van der Waals surface area contributed by atoms with Crippen molar-refractivity contribution in [1.29, 1.82) is 0 Å². The minimum Gasteiger partial charge on any atom is -0.497 e. The fourth-order valence-electron chi connectivity index (χ4n) is 6.93. The van der Waals surface area contributed by atoms with Crippen molar-refractivity contribution >= 4 is 11.9 Å². The molecule has 2 unspecified atom stereocenters. The van der Waals surface area contributed by atoms with Crippen LogP contribution in [0.5, 0.6) is 11.5 Å². The largest absolute Gasteiger partial charge is 0.497 e. The van der Waals surface area contributed by atoms with Crippen molar-refractivity contribution in [1.82, 2.24) is 0 Å². The van der Waals surface area contributed by atoms with Crippen molar-refractivity contribution in [2.24, 2.45) is 11.8 Å². The van der Waals surface area contributed by atoms with E-state index in [-0.39, 0.29) is 11.8 Å². The lowest BCUT2D eigenvalue weighted by Crippen LogP contribution is -2.75. The second-order valence-electron chi connectivity index (χ2n) is 10.5. The Balaban J connectivity index is 1.51. The molecule has 0 radical (unpaired) electrons. The molecule has 8 nitrogen and oxygen atoms in total. The standard InChI is InChI=1S/C34H32O8/c1-37-23-17-13-21(14-18-23)31(35)41-29-30(42-32(36)22-15-19-24(38-2)20-16-22)34(40-4)27-11-7-5-9-25(27)33(29,39-3)26-10-6-8-12-28(26)34/h5-20,25,27,29-30H,1-4H3/t25?,27?,29-,30+,33-,34+. The first-order valence-corrected chi connectivity index (χ1v) is 13.7. The van der Waals surface area contributed by atoms with Gasteiger partial charge >= 0.3 is 11.9 Å². The molecule has 8 heteroatoms. The van der Waals surface area contributed by atoms with Gasteiger partial charge in [-0.15, -0.1) is 0 Å². The number of ether oxygens (including phenoxy) is 6. The highest BCUT2D eigenvalue weighted by Crippen LogP contribution is 2.65. The molecular weight excluding hydrogens is 536 g/mol. The quantitative estimate of drug-likeness (QED) is 0.342. The topological polar surface area (TPSA) is 89.5 Å². The summed E-state index contributed by atoms with van der Waals surface area (Å²) in [5.74, 6) is -0.534. The Morgan fingerprint density at radius 1 is 0.571 bits per heavy atom. The molecule has 0 spiro atoms. The number of rotatable bonds is 8. The van der Waals surface area contributed by atoms with Crippen molar-refractivity contribution in [3.05, 3.63) is 119 Å². The molecule has 42 heavy (non-hydrogen) atoms. The molecule has 0 heterocycles. The molecule has 4 aliphatic rings. The third-order valence-corrected chi connectivity index (χ3v) is 8.81. The molecule has 0 aliphatic heterocycles. The number of carbonyl (C=O) groups is 2. The predicted octanol–water partition coefficient (Wildman–Crippen LogP) is 5.22. The Labute approximate surface area is 244 Å². The lowest BCUT2D eigenvalue weighted by atomic mass is 9.48. The molecule has 0 N–H and O–H groups in total. The molecule has 0 saturated heterocycles. The molecule has 216 valence electrons. The molecule has 0 aromatic heterocycles. The van der Waals surface area contributed by atoms with Crippen LogP contribution in [0.3, 0.4) is 0 Å². The first kappa shape index (κ1) is 27.8. The van der Waals surface area contributed by atoms with Gasteiger partial charge in [-0.3, -0.25) is 0 Å². The molecule has 3 aromatic carbocycles. The summed E-state index contributed by atoms with van der Waals surface area (Å²) >= 11 is 0. The zero-order valence-corrected chi connectivity index (χ0v) is 23.8. The first-order valence-electron chi connectivity index (χ1n) is 13.7. The SMILES string of the molecule is COc1ccc(C(=O)O[C@@H]2[C@H](OC(=O)c3ccc(OC)cc3)[C@@]3(OC)c4ccccc4[C@]2(OC)C2C=CC=CC23)cc1. The molecule has 1 saturated carbocycles. The summed E-state index contributed by atoms with van der Waals surface area (Å²) in [5.41, 5.74) is -0.0937. The number of hydrogen-bond acceptors (Lipinski definition) is 8. The van der Waals surface area contributed by atoms with Gasteiger partial charge in [0.05, 0.1) is 25.3 Å². The molecule has 7 rings (SSSR count). The minimum absolute atomic E-state index is 0.285. The van der Waals surface area contributed by atoms with Gasteiger partial charge in [0.15, 0.2) is 12.2 Å². The molecule has 2 bridgehead atoms. The molecule has 4 aliphatic carbocycles. The van der Waals surface area contributed by atoms with E-state index in [0.29, 0.717) is 22.6 Å². The Hall–Kier alpha value is -4.40. The van der Waals surface area contributed by atoms with Crippen LogP contribution in [-0.4, -0.2) is 52.6 Å². The van der Waals surface area contributed by atoms with Crippen LogP contribution in [0.4, 0.5) is 0 Å². The van der Waals surface area contributed by atoms with E-state index >= 15 is 0 Å². The second-order valence-corrected chi connectivity index (χ2v) is 10.5. The first-order chi connectivity index (χ1) is 20.4. The fourth-order valence-corrected chi connectivity index (χ4v) is 6.93. The highest BCUT2D eigenvalue weighted by molar-refractivity contribution is 5.91. The van der Waals surface area contributed by atoms with Crippen molar-refractivity contribution in [3.63, 3.8) is 0 Å². The van der Waals surface area contributed by atoms with Gasteiger partial charge in [0.2, 0.25) is 0 Å². The zero-order chi connectivity index (χ0) is 29.5. The lowest BCUT2D eigenvalue weighted by Gasteiger charge is -2.65. The van der Waals surface area contributed by atoms with Gasteiger partial charge in [-0.1, -0.05) is 48.6 Å². The van der Waals surface area contributed by atoms with Crippen LogP contribution in [0.25, 0.3) is 0 Å². The zero-order valence-electron chi connectivity index (χ0n) is 23.8. The smallest absolute Gasteiger partial charge is 0.338 e. The number of carbonyl (C=O) groups excluding carboxylic acids is 2. The average molecular weight is 569 g/mol. The monoisotopic (exact) mass is 568 g/mol. The van der Waals surface area contributed by atoms with Crippen LogP contribution < -0.4 is 9.47 Å². The summed E-state index contributed by atoms with van der Waals surface area (Å²) < 4.78 is 36.1. The Bertz CT molecular complexity index is 1430. The van der Waals surface area contributed by atoms with Crippen LogP contribution in [0, 0.1) is 11.8 Å². The number of methoxy groups -OCH3 is 4. The minimum atomic E-state index is -1.18. The van der Waals surface area contributed by atoms with E-state index in [1.54, 1.807) is 77.0 Å². The van der Waals surface area contributed by atoms with Crippen molar-refractivity contribution in [3.8, 4) is 11.5 Å². The normalized spacial score (nSPS) is 28.4. The lowest BCUT2D eigenvalue weighted by molar-refractivity contribution is -0.294. The van der Waals surface area contributed by atoms with Crippen LogP contribution >= 0.6 is 0 Å². The maximum atomic E-state index is 13.7. The number of allylic oxidation sites excluding steroid dienone is 2. The number of fused-ring (bicyclic) bond motifs is 1. The number of esters is 2. The van der Waals surface area contributed by atoms with E-state index < -0.39 is 35.3 Å². The highest BCUT2D eigenvalue weighted by atomic mass is 16.6. The average Bonchev–Trinajstić information content (AvgIpc) is 3.05. The Morgan fingerprint density at radius 2 is 0.952 bits per heavy atom. The summed E-state index contributed by atoms with van der Waals surface area (Å²) in [6.45, 7) is 0. The van der Waals surface area contributed by atoms with E-state index in [4.69, 9.17) is 28.4 Å². The third-order valence-electron chi connectivity index (χ3n) is 8.81. The fraction of sp³-hybridized carbons (Fsp3) is 0.294. The van der Waals surface area contributed by atoms with Crippen molar-refractivity contribution in [2.75, 3.05) is 28.4 Å². The van der Waals surface area contributed by atoms with Gasteiger partial charge in [-0.25, -0.2) is 9.59 Å². The van der Waals surface area contributed by atoms with E-state index in [2.05, 4.69) is 0 Å². The number of hydrogen-bond donors (Lipinski definition) is 0. The second kappa shape index (κ2) is 10.8. The van der Waals surface area contributed by atoms with Gasteiger partial charge in [0, 0.05) is 26.1 Å². The highest BCUT2D eigenvalue weighted by Gasteiger charge is 2.74. The van der Waals surface area contributed by atoms with Crippen LogP contribution in [0.1, 0.15) is 31.8 Å². The third kappa shape index (κ3) is 3.97. The van der Waals surface area contributed by atoms with E-state index in [9.17, 15) is 9.59 Å². The van der Waals surface area contributed by atoms with E-state index in [0.717, 1.165) is 11.1 Å². The van der Waals surface area contributed by atoms with Gasteiger partial charge in [0.1, 0.15) is 22.7 Å². The Kier molecular flexibility index (Phi) is 7.12. The van der Waals surface area contributed by atoms with Crippen LogP contribution in [-0.2, 0) is 30.1 Å². The van der Waals surface area contributed by atoms with Crippen molar-refractivity contribution < 1.29 is 38.0 Å². The van der Waals surface area contributed by atoms with Crippen LogP contribution in [0.2, 0.25) is 0 Å². The van der Waals surface area contributed by atoms with Gasteiger partial charge in [0.25, 0.3) is 0 Å².